The number of hydrogen-bond donors (Lipinski definition) is 0. The van der Waals surface area contributed by atoms with E-state index < -0.39 is 5.54 Å². The van der Waals surface area contributed by atoms with Gasteiger partial charge in [-0.05, 0) is 36.5 Å². The number of aryl methyl sites for hydroxylation is 1. The van der Waals surface area contributed by atoms with Crippen LogP contribution < -0.4 is 0 Å². The van der Waals surface area contributed by atoms with Crippen LogP contribution in [0.3, 0.4) is 0 Å². The number of nitrogens with zero attached hydrogens (tertiary/aromatic N) is 3. The summed E-state index contributed by atoms with van der Waals surface area (Å²) < 4.78 is 0. The van der Waals surface area contributed by atoms with Crippen molar-refractivity contribution in [3.63, 3.8) is 0 Å². The summed E-state index contributed by atoms with van der Waals surface area (Å²) in [6.07, 6.45) is 14.0. The lowest BCUT2D eigenvalue weighted by Crippen LogP contribution is -2.41. The van der Waals surface area contributed by atoms with Crippen molar-refractivity contribution in [1.29, 1.82) is 0 Å². The van der Waals surface area contributed by atoms with E-state index in [0.29, 0.717) is 18.9 Å². The Labute approximate surface area is 189 Å². The summed E-state index contributed by atoms with van der Waals surface area (Å²) in [5, 5.41) is 0. The molecular weight excluding hydrogens is 401 g/mol. The fourth-order valence-electron chi connectivity index (χ4n) is 4.98. The molecule has 1 saturated heterocycles. The highest BCUT2D eigenvalue weighted by atomic mass is 19.0. The molecular formula is C27H30FN3O. The third-order valence-electron chi connectivity index (χ3n) is 7.01. The SMILES string of the molecule is CN1C(=NC2(C(=O)CC3=CCc4ncccc4CC3)C=CC2)CC[C@@H]1c1ccccc1.F. The van der Waals surface area contributed by atoms with Gasteiger partial charge in [0, 0.05) is 44.6 Å². The quantitative estimate of drug-likeness (QED) is 0.614. The van der Waals surface area contributed by atoms with Crippen molar-refractivity contribution in [3.05, 3.63) is 89.3 Å². The summed E-state index contributed by atoms with van der Waals surface area (Å²) in [6.45, 7) is 0. The number of ketones is 1. The third-order valence-corrected chi connectivity index (χ3v) is 7.01. The van der Waals surface area contributed by atoms with E-state index in [-0.39, 0.29) is 10.5 Å². The summed E-state index contributed by atoms with van der Waals surface area (Å²) in [5.41, 5.74) is 4.32. The number of aliphatic imine (C=N–C) groups is 1. The molecule has 1 unspecified atom stereocenters. The van der Waals surface area contributed by atoms with Crippen LogP contribution in [0, 0.1) is 0 Å². The fourth-order valence-corrected chi connectivity index (χ4v) is 4.98. The van der Waals surface area contributed by atoms with Crippen LogP contribution in [0.5, 0.6) is 0 Å². The second kappa shape index (κ2) is 9.19. The zero-order valence-corrected chi connectivity index (χ0v) is 18.5. The van der Waals surface area contributed by atoms with E-state index in [1.165, 1.54) is 16.7 Å². The van der Waals surface area contributed by atoms with Crippen LogP contribution in [0.1, 0.15) is 55.0 Å². The van der Waals surface area contributed by atoms with Crippen LogP contribution in [-0.2, 0) is 17.6 Å². The van der Waals surface area contributed by atoms with Crippen molar-refractivity contribution >= 4 is 11.6 Å². The molecule has 0 saturated carbocycles. The average molecular weight is 432 g/mol. The number of likely N-dealkylation sites (tertiary alicyclic amines) is 1. The predicted molar refractivity (Wildman–Crippen MR) is 127 cm³/mol. The molecule has 2 aliphatic carbocycles. The molecule has 0 N–H and O–H groups in total. The number of benzene rings is 1. The number of Topliss-reactive ketones (excluding diaryl/α,β-unsaturated/α-hetero) is 1. The molecule has 0 bridgehead atoms. The Hall–Kier alpha value is -3.08. The summed E-state index contributed by atoms with van der Waals surface area (Å²) in [4.78, 5) is 25.3. The topological polar surface area (TPSA) is 45.6 Å². The maximum atomic E-state index is 13.4. The Bertz CT molecular complexity index is 1080. The number of carbonyl (C=O) groups is 1. The van der Waals surface area contributed by atoms with Crippen molar-refractivity contribution in [3.8, 4) is 0 Å². The summed E-state index contributed by atoms with van der Waals surface area (Å²) in [7, 11) is 2.11. The minimum absolute atomic E-state index is 0. The maximum Gasteiger partial charge on any atom is 0.168 e. The van der Waals surface area contributed by atoms with Crippen LogP contribution in [-0.4, -0.2) is 34.1 Å². The largest absolute Gasteiger partial charge is 0.356 e. The van der Waals surface area contributed by atoms with Gasteiger partial charge in [-0.2, -0.15) is 0 Å². The number of fused-ring (bicyclic) bond motifs is 1. The molecule has 1 aromatic carbocycles. The number of pyridine rings is 1. The molecule has 32 heavy (non-hydrogen) atoms. The highest BCUT2D eigenvalue weighted by molar-refractivity contribution is 5.97. The lowest BCUT2D eigenvalue weighted by Gasteiger charge is -2.33. The molecule has 0 amide bonds. The van der Waals surface area contributed by atoms with E-state index in [1.807, 2.05) is 18.3 Å². The van der Waals surface area contributed by atoms with Crippen molar-refractivity contribution in [2.75, 3.05) is 7.05 Å². The smallest absolute Gasteiger partial charge is 0.168 e. The van der Waals surface area contributed by atoms with Crippen LogP contribution in [0.4, 0.5) is 4.70 Å². The van der Waals surface area contributed by atoms with Crippen LogP contribution in [0.15, 0.2) is 77.5 Å². The number of halogens is 1. The zero-order valence-electron chi connectivity index (χ0n) is 18.5. The summed E-state index contributed by atoms with van der Waals surface area (Å²) >= 11 is 0. The third kappa shape index (κ3) is 4.16. The molecule has 1 aromatic heterocycles. The van der Waals surface area contributed by atoms with E-state index in [1.54, 1.807) is 0 Å². The number of hydrogen-bond acceptors (Lipinski definition) is 3. The van der Waals surface area contributed by atoms with E-state index >= 15 is 0 Å². The highest BCUT2D eigenvalue weighted by Crippen LogP contribution is 2.37. The molecule has 5 rings (SSSR count). The number of allylic oxidation sites excluding steroid dienone is 2. The van der Waals surface area contributed by atoms with E-state index in [2.05, 4.69) is 65.5 Å². The van der Waals surface area contributed by atoms with Crippen molar-refractivity contribution in [2.24, 2.45) is 4.99 Å². The molecule has 1 aliphatic heterocycles. The van der Waals surface area contributed by atoms with Crippen molar-refractivity contribution in [2.45, 2.75) is 56.5 Å². The lowest BCUT2D eigenvalue weighted by molar-refractivity contribution is -0.122. The number of carbonyl (C=O) groups excluding carboxylic acids is 1. The Morgan fingerprint density at radius 1 is 1.16 bits per heavy atom. The minimum atomic E-state index is -0.673. The van der Waals surface area contributed by atoms with E-state index in [4.69, 9.17) is 4.99 Å². The molecule has 3 aliphatic rings. The number of aromatic nitrogens is 1. The Kier molecular flexibility index (Phi) is 6.35. The fraction of sp³-hybridized carbons (Fsp3) is 0.370. The van der Waals surface area contributed by atoms with Gasteiger partial charge in [-0.3, -0.25) is 19.5 Å². The van der Waals surface area contributed by atoms with Crippen molar-refractivity contribution < 1.29 is 9.50 Å². The van der Waals surface area contributed by atoms with Gasteiger partial charge in [0.1, 0.15) is 11.4 Å². The van der Waals surface area contributed by atoms with Gasteiger partial charge in [-0.25, -0.2) is 0 Å². The van der Waals surface area contributed by atoms with Crippen LogP contribution >= 0.6 is 0 Å². The first-order valence-electron chi connectivity index (χ1n) is 11.3. The van der Waals surface area contributed by atoms with Gasteiger partial charge in [0.25, 0.3) is 0 Å². The van der Waals surface area contributed by atoms with Crippen molar-refractivity contribution in [1.82, 2.24) is 9.88 Å². The molecule has 0 radical (unpaired) electrons. The molecule has 2 atom stereocenters. The zero-order chi connectivity index (χ0) is 21.3. The second-order valence-electron chi connectivity index (χ2n) is 8.91. The van der Waals surface area contributed by atoms with E-state index in [9.17, 15) is 4.79 Å². The van der Waals surface area contributed by atoms with Crippen LogP contribution in [0.2, 0.25) is 0 Å². The number of amidine groups is 1. The van der Waals surface area contributed by atoms with Gasteiger partial charge >= 0.3 is 0 Å². The number of rotatable bonds is 5. The molecule has 5 heteroatoms. The molecule has 4 nitrogen and oxygen atoms in total. The summed E-state index contributed by atoms with van der Waals surface area (Å²) in [6, 6.07) is 15.1. The molecule has 166 valence electrons. The second-order valence-corrected chi connectivity index (χ2v) is 8.91. The first-order chi connectivity index (χ1) is 15.1. The Morgan fingerprint density at radius 2 is 1.97 bits per heavy atom. The van der Waals surface area contributed by atoms with Gasteiger partial charge in [-0.15, -0.1) is 0 Å². The first kappa shape index (κ1) is 22.1. The molecule has 1 fully saturated rings. The summed E-state index contributed by atoms with van der Waals surface area (Å²) in [5.74, 6) is 1.28. The van der Waals surface area contributed by atoms with Gasteiger partial charge in [0.05, 0.1) is 6.04 Å². The predicted octanol–water partition coefficient (Wildman–Crippen LogP) is 5.17. The minimum Gasteiger partial charge on any atom is -0.356 e. The first-order valence-corrected chi connectivity index (χ1v) is 11.3. The van der Waals surface area contributed by atoms with Gasteiger partial charge in [0.15, 0.2) is 5.78 Å². The Balaban J connectivity index is 0.00000245. The van der Waals surface area contributed by atoms with Gasteiger partial charge in [0.2, 0.25) is 0 Å². The van der Waals surface area contributed by atoms with Crippen LogP contribution in [0.25, 0.3) is 0 Å². The highest BCUT2D eigenvalue weighted by Gasteiger charge is 2.41. The standard InChI is InChI=1S/C27H29N3O.FH/c1-30-24(22-7-3-2-4-8-22)14-15-26(30)29-27(16-6-17-27)25(31)19-20-10-12-21-9-5-18-28-23(21)13-11-20;/h2-9,11,16,18,24H,10,12-15,17,19H2,1H3;1H/t24-,27?;/m1./s1. The molecule has 2 aromatic rings. The normalized spacial score (nSPS) is 25.4. The lowest BCUT2D eigenvalue weighted by atomic mass is 9.79. The monoisotopic (exact) mass is 431 g/mol. The maximum absolute atomic E-state index is 13.4. The Morgan fingerprint density at radius 3 is 2.72 bits per heavy atom. The van der Waals surface area contributed by atoms with Gasteiger partial charge < -0.3 is 4.90 Å². The molecule has 2 heterocycles. The average Bonchev–Trinajstić information content (AvgIpc) is 3.00. The molecule has 0 spiro atoms. The van der Waals surface area contributed by atoms with E-state index in [0.717, 1.165) is 43.6 Å². The van der Waals surface area contributed by atoms with Gasteiger partial charge in [-0.1, -0.05) is 60.2 Å².